The Morgan fingerprint density at radius 2 is 2.50 bits per heavy atom. The number of nitriles is 1. The summed E-state index contributed by atoms with van der Waals surface area (Å²) in [5.74, 6) is 0. The largest absolute Gasteiger partial charge is 0.336 e. The van der Waals surface area contributed by atoms with Crippen LogP contribution < -0.4 is 0 Å². The number of aryl methyl sites for hydroxylation is 2. The Morgan fingerprint density at radius 1 is 1.67 bits per heavy atom. The van der Waals surface area contributed by atoms with Crippen molar-refractivity contribution in [1.82, 2.24) is 9.55 Å². The second-order valence-electron chi connectivity index (χ2n) is 2.76. The second kappa shape index (κ2) is 4.55. The van der Waals surface area contributed by atoms with E-state index < -0.39 is 0 Å². The molecule has 0 unspecified atom stereocenters. The van der Waals surface area contributed by atoms with Crippen LogP contribution in [0, 0.1) is 11.3 Å². The summed E-state index contributed by atoms with van der Waals surface area (Å²) < 4.78 is 1.97. The lowest BCUT2D eigenvalue weighted by molar-refractivity contribution is 0.713. The lowest BCUT2D eigenvalue weighted by atomic mass is 10.3. The summed E-state index contributed by atoms with van der Waals surface area (Å²) in [6.45, 7) is 2.89. The van der Waals surface area contributed by atoms with E-state index in [1.807, 2.05) is 10.8 Å². The molecule has 64 valence electrons. The van der Waals surface area contributed by atoms with Crippen molar-refractivity contribution in [3.63, 3.8) is 0 Å². The van der Waals surface area contributed by atoms with Crippen LogP contribution in [0.25, 0.3) is 0 Å². The number of aromatic nitrogens is 2. The lowest BCUT2D eigenvalue weighted by Crippen LogP contribution is -1.92. The first-order chi connectivity index (χ1) is 5.86. The van der Waals surface area contributed by atoms with Gasteiger partial charge in [-0.25, -0.2) is 4.98 Å². The summed E-state index contributed by atoms with van der Waals surface area (Å²) in [4.78, 5) is 4.21. The molecule has 1 aromatic heterocycles. The fraction of sp³-hybridized carbons (Fsp3) is 0.556. The maximum absolute atomic E-state index is 8.35. The number of nitrogens with zero attached hydrogens (tertiary/aromatic N) is 3. The molecule has 0 fully saturated rings. The van der Waals surface area contributed by atoms with E-state index >= 15 is 0 Å². The molecule has 12 heavy (non-hydrogen) atoms. The van der Waals surface area contributed by atoms with Gasteiger partial charge in [0, 0.05) is 12.7 Å². The lowest BCUT2D eigenvalue weighted by Gasteiger charge is -1.93. The van der Waals surface area contributed by atoms with Gasteiger partial charge in [0.25, 0.3) is 0 Å². The first kappa shape index (κ1) is 8.79. The van der Waals surface area contributed by atoms with Crippen LogP contribution >= 0.6 is 0 Å². The SMILES string of the molecule is CCCc1cn(CCC#N)cn1. The quantitative estimate of drug-likeness (QED) is 0.678. The number of hydrogen-bond donors (Lipinski definition) is 0. The van der Waals surface area contributed by atoms with E-state index in [-0.39, 0.29) is 0 Å². The van der Waals surface area contributed by atoms with E-state index in [9.17, 15) is 0 Å². The maximum atomic E-state index is 8.35. The molecule has 1 rings (SSSR count). The first-order valence-electron chi connectivity index (χ1n) is 4.24. The zero-order valence-electron chi connectivity index (χ0n) is 7.32. The fourth-order valence-corrected chi connectivity index (χ4v) is 1.09. The third kappa shape index (κ3) is 2.39. The Balaban J connectivity index is 2.47. The molecule has 0 bridgehead atoms. The average Bonchev–Trinajstić information content (AvgIpc) is 2.50. The first-order valence-corrected chi connectivity index (χ1v) is 4.24. The van der Waals surface area contributed by atoms with Crippen molar-refractivity contribution in [2.45, 2.75) is 32.7 Å². The summed E-state index contributed by atoms with van der Waals surface area (Å²) in [6, 6.07) is 2.11. The summed E-state index contributed by atoms with van der Waals surface area (Å²) in [5, 5.41) is 8.35. The zero-order valence-corrected chi connectivity index (χ0v) is 7.32. The molecule has 3 heteroatoms. The molecule has 0 aliphatic rings. The molecule has 0 aliphatic carbocycles. The van der Waals surface area contributed by atoms with Crippen LogP contribution in [0.3, 0.4) is 0 Å². The van der Waals surface area contributed by atoms with Gasteiger partial charge < -0.3 is 4.57 Å². The predicted octanol–water partition coefficient (Wildman–Crippen LogP) is 1.75. The minimum Gasteiger partial charge on any atom is -0.336 e. The topological polar surface area (TPSA) is 41.6 Å². The van der Waals surface area contributed by atoms with Crippen LogP contribution in [0.4, 0.5) is 0 Å². The highest BCUT2D eigenvalue weighted by Crippen LogP contribution is 2.00. The van der Waals surface area contributed by atoms with Crippen LogP contribution in [0.15, 0.2) is 12.5 Å². The molecule has 3 nitrogen and oxygen atoms in total. The summed E-state index contributed by atoms with van der Waals surface area (Å²) in [6.07, 6.45) is 6.51. The van der Waals surface area contributed by atoms with E-state index in [2.05, 4.69) is 18.0 Å². The summed E-state index contributed by atoms with van der Waals surface area (Å²) in [7, 11) is 0. The van der Waals surface area contributed by atoms with E-state index in [4.69, 9.17) is 5.26 Å². The van der Waals surface area contributed by atoms with Crippen molar-refractivity contribution >= 4 is 0 Å². The standard InChI is InChI=1S/C9H13N3/c1-2-4-9-7-12(8-11-9)6-3-5-10/h7-8H,2-4,6H2,1H3. The van der Waals surface area contributed by atoms with E-state index in [1.165, 1.54) is 0 Å². The van der Waals surface area contributed by atoms with Crippen LogP contribution in [-0.4, -0.2) is 9.55 Å². The van der Waals surface area contributed by atoms with Crippen LogP contribution in [0.5, 0.6) is 0 Å². The highest BCUT2D eigenvalue weighted by molar-refractivity contribution is 4.96. The molecule has 0 amide bonds. The van der Waals surface area contributed by atoms with Gasteiger partial charge in [-0.15, -0.1) is 0 Å². The molecule has 0 spiro atoms. The Labute approximate surface area is 72.7 Å². The van der Waals surface area contributed by atoms with Gasteiger partial charge in [0.05, 0.1) is 24.5 Å². The fourth-order valence-electron chi connectivity index (χ4n) is 1.09. The number of imidazole rings is 1. The molecule has 0 saturated heterocycles. The minimum absolute atomic E-state index is 0.557. The van der Waals surface area contributed by atoms with Crippen LogP contribution in [0.2, 0.25) is 0 Å². The van der Waals surface area contributed by atoms with Crippen molar-refractivity contribution in [1.29, 1.82) is 5.26 Å². The van der Waals surface area contributed by atoms with Gasteiger partial charge in [0.15, 0.2) is 0 Å². The van der Waals surface area contributed by atoms with Gasteiger partial charge in [-0.3, -0.25) is 0 Å². The van der Waals surface area contributed by atoms with Crippen molar-refractivity contribution in [2.75, 3.05) is 0 Å². The Bertz CT molecular complexity index is 270. The average molecular weight is 163 g/mol. The molecule has 0 aliphatic heterocycles. The molecule has 0 aromatic carbocycles. The Hall–Kier alpha value is -1.30. The highest BCUT2D eigenvalue weighted by Gasteiger charge is 1.95. The number of hydrogen-bond acceptors (Lipinski definition) is 2. The maximum Gasteiger partial charge on any atom is 0.0949 e. The van der Waals surface area contributed by atoms with Gasteiger partial charge >= 0.3 is 0 Å². The monoisotopic (exact) mass is 163 g/mol. The highest BCUT2D eigenvalue weighted by atomic mass is 15.0. The zero-order chi connectivity index (χ0) is 8.81. The molecule has 0 atom stereocenters. The molecule has 1 heterocycles. The molecular weight excluding hydrogens is 150 g/mol. The molecule has 0 N–H and O–H groups in total. The summed E-state index contributed by atoms with van der Waals surface area (Å²) >= 11 is 0. The molecule has 0 radical (unpaired) electrons. The van der Waals surface area contributed by atoms with Gasteiger partial charge in [0.2, 0.25) is 0 Å². The van der Waals surface area contributed by atoms with Gasteiger partial charge in [-0.05, 0) is 6.42 Å². The summed E-state index contributed by atoms with van der Waals surface area (Å²) in [5.41, 5.74) is 1.12. The van der Waals surface area contributed by atoms with Crippen molar-refractivity contribution in [3.05, 3.63) is 18.2 Å². The Kier molecular flexibility index (Phi) is 3.34. The smallest absolute Gasteiger partial charge is 0.0949 e. The van der Waals surface area contributed by atoms with Gasteiger partial charge in [-0.2, -0.15) is 5.26 Å². The predicted molar refractivity (Wildman–Crippen MR) is 46.5 cm³/mol. The van der Waals surface area contributed by atoms with Crippen molar-refractivity contribution in [2.24, 2.45) is 0 Å². The second-order valence-corrected chi connectivity index (χ2v) is 2.76. The van der Waals surface area contributed by atoms with Gasteiger partial charge in [-0.1, -0.05) is 13.3 Å². The van der Waals surface area contributed by atoms with Crippen molar-refractivity contribution in [3.8, 4) is 6.07 Å². The van der Waals surface area contributed by atoms with Crippen LogP contribution in [-0.2, 0) is 13.0 Å². The normalized spacial score (nSPS) is 9.67. The molecular formula is C9H13N3. The Morgan fingerprint density at radius 3 is 3.17 bits per heavy atom. The minimum atomic E-state index is 0.557. The van der Waals surface area contributed by atoms with E-state index in [0.29, 0.717) is 6.42 Å². The third-order valence-electron chi connectivity index (χ3n) is 1.67. The van der Waals surface area contributed by atoms with E-state index in [1.54, 1.807) is 6.33 Å². The number of rotatable bonds is 4. The van der Waals surface area contributed by atoms with Crippen molar-refractivity contribution < 1.29 is 0 Å². The van der Waals surface area contributed by atoms with Gasteiger partial charge in [0.1, 0.15) is 0 Å². The van der Waals surface area contributed by atoms with E-state index in [0.717, 1.165) is 25.1 Å². The van der Waals surface area contributed by atoms with Crippen LogP contribution in [0.1, 0.15) is 25.5 Å². The third-order valence-corrected chi connectivity index (χ3v) is 1.67. The molecule has 1 aromatic rings. The molecule has 0 saturated carbocycles.